The Morgan fingerprint density at radius 2 is 1.75 bits per heavy atom. The summed E-state index contributed by atoms with van der Waals surface area (Å²) in [6.07, 6.45) is 4.38. The van der Waals surface area contributed by atoms with Crippen molar-refractivity contribution in [1.82, 2.24) is 14.8 Å². The highest BCUT2D eigenvalue weighted by molar-refractivity contribution is 5.99. The molecule has 184 valence electrons. The molecule has 9 heteroatoms. The third-order valence-electron chi connectivity index (χ3n) is 6.32. The highest BCUT2D eigenvalue weighted by Gasteiger charge is 2.27. The van der Waals surface area contributed by atoms with Gasteiger partial charge >= 0.3 is 0 Å². The van der Waals surface area contributed by atoms with Gasteiger partial charge in [-0.25, -0.2) is 4.39 Å². The van der Waals surface area contributed by atoms with E-state index in [4.69, 9.17) is 5.26 Å². The van der Waals surface area contributed by atoms with Crippen molar-refractivity contribution < 1.29 is 14.0 Å². The van der Waals surface area contributed by atoms with E-state index in [1.165, 1.54) is 24.4 Å². The van der Waals surface area contributed by atoms with Gasteiger partial charge in [-0.1, -0.05) is 42.5 Å². The van der Waals surface area contributed by atoms with E-state index in [0.717, 1.165) is 28.5 Å². The number of carbonyl (C=O) groups is 2. The molecule has 0 spiro atoms. The van der Waals surface area contributed by atoms with E-state index >= 15 is 0 Å². The number of benzene rings is 2. The number of rotatable bonds is 7. The minimum atomic E-state index is -0.650. The lowest BCUT2D eigenvalue weighted by atomic mass is 9.89. The van der Waals surface area contributed by atoms with E-state index in [-0.39, 0.29) is 29.8 Å². The van der Waals surface area contributed by atoms with Gasteiger partial charge in [-0.15, -0.1) is 0 Å². The molecule has 0 atom stereocenters. The Bertz CT molecular complexity index is 1320. The maximum atomic E-state index is 13.6. The zero-order chi connectivity index (χ0) is 25.5. The van der Waals surface area contributed by atoms with Crippen LogP contribution in [-0.2, 0) is 17.9 Å². The highest BCUT2D eigenvalue weighted by Crippen LogP contribution is 2.29. The van der Waals surface area contributed by atoms with Crippen molar-refractivity contribution in [2.75, 3.05) is 18.4 Å². The zero-order valence-corrected chi connectivity index (χ0v) is 19.6. The van der Waals surface area contributed by atoms with E-state index in [9.17, 15) is 18.8 Å². The summed E-state index contributed by atoms with van der Waals surface area (Å²) in [7, 11) is 0. The molecule has 0 unspecified atom stereocenters. The molecule has 1 aliphatic rings. The van der Waals surface area contributed by atoms with Gasteiger partial charge in [0.25, 0.3) is 17.4 Å². The standard InChI is InChI=1S/C27H26FN5O3/c28-22-8-6-20(7-9-22)21-10-12-32(13-11-21)27(36)23-16-33(17-25(34)31-18-29)26(35)14-24(23)30-15-19-4-2-1-3-5-19/h1-9,14,16,21,30H,10-13,15,17H2,(H,31,34). The van der Waals surface area contributed by atoms with Crippen LogP contribution >= 0.6 is 0 Å². The Morgan fingerprint density at radius 3 is 2.42 bits per heavy atom. The van der Waals surface area contributed by atoms with Crippen LogP contribution in [0.5, 0.6) is 0 Å². The van der Waals surface area contributed by atoms with E-state index in [0.29, 0.717) is 25.3 Å². The van der Waals surface area contributed by atoms with Crippen molar-refractivity contribution in [3.8, 4) is 6.19 Å². The Morgan fingerprint density at radius 1 is 1.06 bits per heavy atom. The average molecular weight is 488 g/mol. The van der Waals surface area contributed by atoms with Gasteiger partial charge in [0, 0.05) is 31.9 Å². The molecule has 1 fully saturated rings. The molecule has 0 radical (unpaired) electrons. The van der Waals surface area contributed by atoms with Gasteiger partial charge in [0.2, 0.25) is 0 Å². The van der Waals surface area contributed by atoms with Crippen molar-refractivity contribution in [2.24, 2.45) is 0 Å². The smallest absolute Gasteiger partial charge is 0.257 e. The van der Waals surface area contributed by atoms with E-state index in [2.05, 4.69) is 5.32 Å². The topological polar surface area (TPSA) is 107 Å². The van der Waals surface area contributed by atoms with Crippen LogP contribution in [-0.4, -0.2) is 34.4 Å². The molecule has 2 aromatic carbocycles. The molecule has 2 amide bonds. The number of nitrogens with zero attached hydrogens (tertiary/aromatic N) is 3. The number of nitrogens with one attached hydrogen (secondary N) is 2. The number of aromatic nitrogens is 1. The fourth-order valence-corrected chi connectivity index (χ4v) is 4.38. The maximum Gasteiger partial charge on any atom is 0.257 e. The van der Waals surface area contributed by atoms with Crippen LogP contribution in [0.3, 0.4) is 0 Å². The predicted molar refractivity (Wildman–Crippen MR) is 133 cm³/mol. The van der Waals surface area contributed by atoms with Gasteiger partial charge in [0.1, 0.15) is 12.4 Å². The molecular weight excluding hydrogens is 461 g/mol. The predicted octanol–water partition coefficient (Wildman–Crippen LogP) is 3.22. The van der Waals surface area contributed by atoms with Crippen LogP contribution < -0.4 is 16.2 Å². The summed E-state index contributed by atoms with van der Waals surface area (Å²) in [5, 5.41) is 13.9. The molecule has 4 rings (SSSR count). The van der Waals surface area contributed by atoms with Crippen molar-refractivity contribution in [3.05, 3.63) is 99.7 Å². The maximum absolute atomic E-state index is 13.6. The largest absolute Gasteiger partial charge is 0.380 e. The average Bonchev–Trinajstić information content (AvgIpc) is 2.89. The summed E-state index contributed by atoms with van der Waals surface area (Å²) in [5.74, 6) is -0.949. The van der Waals surface area contributed by atoms with E-state index in [1.807, 2.05) is 35.6 Å². The quantitative estimate of drug-likeness (QED) is 0.393. The lowest BCUT2D eigenvalue weighted by molar-refractivity contribution is -0.120. The lowest BCUT2D eigenvalue weighted by Crippen LogP contribution is -2.39. The molecule has 0 bridgehead atoms. The Kier molecular flexibility index (Phi) is 7.75. The van der Waals surface area contributed by atoms with Crippen LogP contribution in [0.4, 0.5) is 10.1 Å². The van der Waals surface area contributed by atoms with Crippen molar-refractivity contribution in [3.63, 3.8) is 0 Å². The first-order valence-corrected chi connectivity index (χ1v) is 11.7. The molecule has 2 N–H and O–H groups in total. The van der Waals surface area contributed by atoms with Crippen LogP contribution in [0.1, 0.15) is 40.2 Å². The second kappa shape index (κ2) is 11.3. The Labute approximate surface area is 208 Å². The van der Waals surface area contributed by atoms with Gasteiger partial charge in [-0.05, 0) is 42.0 Å². The van der Waals surface area contributed by atoms with Gasteiger partial charge in [0.05, 0.1) is 11.3 Å². The first-order chi connectivity index (χ1) is 17.4. The molecule has 8 nitrogen and oxygen atoms in total. The lowest BCUT2D eigenvalue weighted by Gasteiger charge is -2.33. The second-order valence-corrected chi connectivity index (χ2v) is 8.68. The first kappa shape index (κ1) is 24.7. The monoisotopic (exact) mass is 487 g/mol. The SMILES string of the molecule is N#CNC(=O)Cn1cc(C(=O)N2CCC(c3ccc(F)cc3)CC2)c(NCc2ccccc2)cc1=O. The summed E-state index contributed by atoms with van der Waals surface area (Å²) < 4.78 is 14.4. The van der Waals surface area contributed by atoms with Crippen LogP contribution in [0.15, 0.2) is 71.7 Å². The molecule has 1 aliphatic heterocycles. The summed E-state index contributed by atoms with van der Waals surface area (Å²) >= 11 is 0. The molecule has 0 saturated carbocycles. The molecule has 36 heavy (non-hydrogen) atoms. The van der Waals surface area contributed by atoms with Gasteiger partial charge < -0.3 is 14.8 Å². The van der Waals surface area contributed by atoms with Crippen LogP contribution in [0.2, 0.25) is 0 Å². The molecule has 1 aromatic heterocycles. The summed E-state index contributed by atoms with van der Waals surface area (Å²) in [6.45, 7) is 1.05. The Hall–Kier alpha value is -4.45. The number of anilines is 1. The number of likely N-dealkylation sites (tertiary alicyclic amines) is 1. The summed E-state index contributed by atoms with van der Waals surface area (Å²) in [4.78, 5) is 39.9. The number of hydrogen-bond acceptors (Lipinski definition) is 5. The van der Waals surface area contributed by atoms with E-state index < -0.39 is 11.5 Å². The first-order valence-electron chi connectivity index (χ1n) is 11.7. The van der Waals surface area contributed by atoms with Gasteiger partial charge in [-0.2, -0.15) is 5.26 Å². The number of hydrogen-bond donors (Lipinski definition) is 2. The van der Waals surface area contributed by atoms with Crippen LogP contribution in [0.25, 0.3) is 0 Å². The second-order valence-electron chi connectivity index (χ2n) is 8.68. The zero-order valence-electron chi connectivity index (χ0n) is 19.6. The minimum absolute atomic E-state index is 0.231. The number of nitriles is 1. The fourth-order valence-electron chi connectivity index (χ4n) is 4.38. The fraction of sp³-hybridized carbons (Fsp3) is 0.259. The van der Waals surface area contributed by atoms with E-state index in [1.54, 1.807) is 23.2 Å². The number of pyridine rings is 1. The van der Waals surface area contributed by atoms with Gasteiger partial charge in [0.15, 0.2) is 6.19 Å². The van der Waals surface area contributed by atoms with Crippen molar-refractivity contribution in [1.29, 1.82) is 5.26 Å². The number of piperidine rings is 1. The molecule has 3 aromatic rings. The number of amides is 2. The minimum Gasteiger partial charge on any atom is -0.380 e. The molecule has 0 aliphatic carbocycles. The summed E-state index contributed by atoms with van der Waals surface area (Å²) in [6, 6.07) is 17.3. The highest BCUT2D eigenvalue weighted by atomic mass is 19.1. The van der Waals surface area contributed by atoms with Crippen LogP contribution in [0, 0.1) is 17.3 Å². The molecular formula is C27H26FN5O3. The Balaban J connectivity index is 1.55. The third kappa shape index (κ3) is 5.96. The van der Waals surface area contributed by atoms with Gasteiger partial charge in [-0.3, -0.25) is 19.7 Å². The number of carbonyl (C=O) groups excluding carboxylic acids is 2. The number of halogens is 1. The normalized spacial score (nSPS) is 13.6. The van der Waals surface area contributed by atoms with Crippen molar-refractivity contribution >= 4 is 17.5 Å². The van der Waals surface area contributed by atoms with Crippen molar-refractivity contribution in [2.45, 2.75) is 31.8 Å². The molecule has 2 heterocycles. The molecule has 1 saturated heterocycles. The third-order valence-corrected chi connectivity index (χ3v) is 6.32. The summed E-state index contributed by atoms with van der Waals surface area (Å²) in [5.41, 5.74) is 2.21.